The van der Waals surface area contributed by atoms with Gasteiger partial charge in [0.2, 0.25) is 5.91 Å². The van der Waals surface area contributed by atoms with Gasteiger partial charge in [-0.3, -0.25) is 4.79 Å². The Hall–Kier alpha value is -0.570. The van der Waals surface area contributed by atoms with E-state index >= 15 is 0 Å². The highest BCUT2D eigenvalue weighted by Gasteiger charge is 2.34. The molecule has 1 unspecified atom stereocenters. The molecule has 3 nitrogen and oxygen atoms in total. The highest BCUT2D eigenvalue weighted by molar-refractivity contribution is 5.79. The maximum absolute atomic E-state index is 12.8. The molecule has 1 saturated carbocycles. The molecule has 0 aromatic heterocycles. The maximum Gasteiger partial charge on any atom is 0.226 e. The van der Waals surface area contributed by atoms with Crippen molar-refractivity contribution in [1.29, 1.82) is 0 Å². The third-order valence-electron chi connectivity index (χ3n) is 4.91. The molecule has 0 spiro atoms. The van der Waals surface area contributed by atoms with Crippen LogP contribution < -0.4 is 5.32 Å². The molecule has 0 bridgehead atoms. The Morgan fingerprint density at radius 2 is 1.84 bits per heavy atom. The predicted molar refractivity (Wildman–Crippen MR) is 78.9 cm³/mol. The first kappa shape index (κ1) is 14.8. The fraction of sp³-hybridized carbons (Fsp3) is 0.938. The van der Waals surface area contributed by atoms with Gasteiger partial charge in [0.1, 0.15) is 0 Å². The van der Waals surface area contributed by atoms with Crippen LogP contribution in [0.4, 0.5) is 0 Å². The van der Waals surface area contributed by atoms with E-state index in [0.29, 0.717) is 23.8 Å². The summed E-state index contributed by atoms with van der Waals surface area (Å²) in [6, 6.07) is 0.529. The smallest absolute Gasteiger partial charge is 0.226 e. The van der Waals surface area contributed by atoms with E-state index in [1.54, 1.807) is 0 Å². The Bertz CT molecular complexity index is 293. The lowest BCUT2D eigenvalue weighted by Crippen LogP contribution is -2.52. The molecule has 1 amide bonds. The van der Waals surface area contributed by atoms with Crippen LogP contribution in [0.25, 0.3) is 0 Å². The van der Waals surface area contributed by atoms with E-state index in [-0.39, 0.29) is 5.92 Å². The van der Waals surface area contributed by atoms with Crippen LogP contribution in [-0.2, 0) is 4.79 Å². The van der Waals surface area contributed by atoms with Crippen LogP contribution in [0.15, 0.2) is 0 Å². The summed E-state index contributed by atoms with van der Waals surface area (Å²) in [5.74, 6) is 1.86. The number of hydrogen-bond acceptors (Lipinski definition) is 2. The molecule has 1 aliphatic heterocycles. The highest BCUT2D eigenvalue weighted by atomic mass is 16.2. The van der Waals surface area contributed by atoms with Gasteiger partial charge < -0.3 is 10.2 Å². The molecule has 1 aliphatic carbocycles. The number of amides is 1. The minimum absolute atomic E-state index is 0.203. The Balaban J connectivity index is 1.95. The largest absolute Gasteiger partial charge is 0.339 e. The van der Waals surface area contributed by atoms with E-state index in [4.69, 9.17) is 0 Å². The zero-order valence-corrected chi connectivity index (χ0v) is 12.8. The summed E-state index contributed by atoms with van der Waals surface area (Å²) < 4.78 is 0. The van der Waals surface area contributed by atoms with Crippen molar-refractivity contribution in [3.63, 3.8) is 0 Å². The fourth-order valence-corrected chi connectivity index (χ4v) is 3.21. The molecule has 0 radical (unpaired) electrons. The van der Waals surface area contributed by atoms with Crippen molar-refractivity contribution in [2.24, 2.45) is 17.8 Å². The zero-order valence-electron chi connectivity index (χ0n) is 12.8. The van der Waals surface area contributed by atoms with Gasteiger partial charge in [-0.25, -0.2) is 0 Å². The molecular formula is C16H30N2O. The minimum atomic E-state index is 0.203. The molecule has 110 valence electrons. The first-order valence-electron chi connectivity index (χ1n) is 8.10. The maximum atomic E-state index is 12.8. The van der Waals surface area contributed by atoms with E-state index in [1.807, 2.05) is 0 Å². The molecule has 2 fully saturated rings. The van der Waals surface area contributed by atoms with Gasteiger partial charge in [0.25, 0.3) is 0 Å². The molecular weight excluding hydrogens is 236 g/mol. The number of rotatable bonds is 6. The van der Waals surface area contributed by atoms with Gasteiger partial charge in [0.15, 0.2) is 0 Å². The average Bonchev–Trinajstić information content (AvgIpc) is 2.79. The van der Waals surface area contributed by atoms with E-state index in [0.717, 1.165) is 26.1 Å². The van der Waals surface area contributed by atoms with Crippen LogP contribution >= 0.6 is 0 Å². The van der Waals surface area contributed by atoms with Crippen molar-refractivity contribution in [2.45, 2.75) is 58.9 Å². The van der Waals surface area contributed by atoms with Gasteiger partial charge in [0.05, 0.1) is 0 Å². The molecule has 2 rings (SSSR count). The molecule has 1 heterocycles. The number of carbonyl (C=O) groups excluding carboxylic acids is 1. The normalized spacial score (nSPS) is 22.5. The first-order valence-corrected chi connectivity index (χ1v) is 8.10. The van der Waals surface area contributed by atoms with E-state index < -0.39 is 0 Å². The number of nitrogens with one attached hydrogen (secondary N) is 1. The van der Waals surface area contributed by atoms with Gasteiger partial charge in [-0.05, 0) is 44.2 Å². The standard InChI is InChI=1S/C16H30N2O/c1-12(2)8-9-18(15-6-4-5-7-15)16(19)13(3)14-10-17-11-14/h12-15,17H,4-11H2,1-3H3. The lowest BCUT2D eigenvalue weighted by atomic mass is 9.87. The predicted octanol–water partition coefficient (Wildman–Crippen LogP) is 2.66. The minimum Gasteiger partial charge on any atom is -0.339 e. The van der Waals surface area contributed by atoms with Gasteiger partial charge in [0, 0.05) is 18.5 Å². The van der Waals surface area contributed by atoms with Crippen molar-refractivity contribution in [2.75, 3.05) is 19.6 Å². The molecule has 19 heavy (non-hydrogen) atoms. The van der Waals surface area contributed by atoms with Crippen LogP contribution in [0.2, 0.25) is 0 Å². The summed E-state index contributed by atoms with van der Waals surface area (Å²) >= 11 is 0. The summed E-state index contributed by atoms with van der Waals surface area (Å²) in [7, 11) is 0. The van der Waals surface area contributed by atoms with Crippen molar-refractivity contribution < 1.29 is 4.79 Å². The third kappa shape index (κ3) is 3.71. The Kier molecular flexibility index (Phi) is 5.26. The SMILES string of the molecule is CC(C)CCN(C(=O)C(C)C1CNC1)C1CCCC1. The Labute approximate surface area is 118 Å². The number of carbonyl (C=O) groups is 1. The summed E-state index contributed by atoms with van der Waals surface area (Å²) in [6.07, 6.45) is 6.18. The highest BCUT2D eigenvalue weighted by Crippen LogP contribution is 2.27. The van der Waals surface area contributed by atoms with Crippen LogP contribution in [0.5, 0.6) is 0 Å². The summed E-state index contributed by atoms with van der Waals surface area (Å²) in [6.45, 7) is 9.63. The summed E-state index contributed by atoms with van der Waals surface area (Å²) in [5, 5.41) is 3.28. The first-order chi connectivity index (χ1) is 9.09. The molecule has 1 N–H and O–H groups in total. The lowest BCUT2D eigenvalue weighted by molar-refractivity contribution is -0.140. The molecule has 0 aromatic carbocycles. The van der Waals surface area contributed by atoms with Crippen LogP contribution in [0.1, 0.15) is 52.9 Å². The van der Waals surface area contributed by atoms with Crippen molar-refractivity contribution in [1.82, 2.24) is 10.2 Å². The summed E-state index contributed by atoms with van der Waals surface area (Å²) in [4.78, 5) is 15.0. The Morgan fingerprint density at radius 3 is 2.32 bits per heavy atom. The van der Waals surface area contributed by atoms with Crippen LogP contribution in [0.3, 0.4) is 0 Å². The number of nitrogens with zero attached hydrogens (tertiary/aromatic N) is 1. The second-order valence-corrected chi connectivity index (χ2v) is 6.86. The second-order valence-electron chi connectivity index (χ2n) is 6.86. The topological polar surface area (TPSA) is 32.3 Å². The zero-order chi connectivity index (χ0) is 13.8. The van der Waals surface area contributed by atoms with Crippen LogP contribution in [0, 0.1) is 17.8 Å². The molecule has 2 aliphatic rings. The van der Waals surface area contributed by atoms with Gasteiger partial charge in [-0.1, -0.05) is 33.6 Å². The van der Waals surface area contributed by atoms with Gasteiger partial charge in [-0.2, -0.15) is 0 Å². The quantitative estimate of drug-likeness (QED) is 0.801. The lowest BCUT2D eigenvalue weighted by Gasteiger charge is -2.37. The molecule has 0 aromatic rings. The molecule has 3 heteroatoms. The molecule has 1 atom stereocenters. The van der Waals surface area contributed by atoms with Crippen molar-refractivity contribution in [3.8, 4) is 0 Å². The summed E-state index contributed by atoms with van der Waals surface area (Å²) in [5.41, 5.74) is 0. The van der Waals surface area contributed by atoms with Crippen molar-refractivity contribution in [3.05, 3.63) is 0 Å². The average molecular weight is 266 g/mol. The van der Waals surface area contributed by atoms with E-state index in [1.165, 1.54) is 25.7 Å². The number of hydrogen-bond donors (Lipinski definition) is 1. The van der Waals surface area contributed by atoms with Gasteiger partial charge >= 0.3 is 0 Å². The van der Waals surface area contributed by atoms with Crippen LogP contribution in [-0.4, -0.2) is 36.5 Å². The van der Waals surface area contributed by atoms with Gasteiger partial charge in [-0.15, -0.1) is 0 Å². The monoisotopic (exact) mass is 266 g/mol. The van der Waals surface area contributed by atoms with E-state index in [2.05, 4.69) is 31.0 Å². The molecule has 1 saturated heterocycles. The van der Waals surface area contributed by atoms with Crippen molar-refractivity contribution >= 4 is 5.91 Å². The van der Waals surface area contributed by atoms with E-state index in [9.17, 15) is 4.79 Å². The third-order valence-corrected chi connectivity index (χ3v) is 4.91. The fourth-order valence-electron chi connectivity index (χ4n) is 3.21. The Morgan fingerprint density at radius 1 is 1.21 bits per heavy atom. The second kappa shape index (κ2) is 6.74.